The Balaban J connectivity index is 2.22. The lowest BCUT2D eigenvalue weighted by Gasteiger charge is -2.19. The van der Waals surface area contributed by atoms with Crippen molar-refractivity contribution in [3.8, 4) is 0 Å². The molecule has 106 valence electrons. The lowest BCUT2D eigenvalue weighted by molar-refractivity contribution is 0.545. The van der Waals surface area contributed by atoms with E-state index in [9.17, 15) is 8.78 Å². The molecule has 0 spiro atoms. The van der Waals surface area contributed by atoms with Crippen LogP contribution in [0, 0.1) is 18.6 Å². The molecule has 0 aliphatic carbocycles. The summed E-state index contributed by atoms with van der Waals surface area (Å²) in [6, 6.07) is 11.5. The monoisotopic (exact) mass is 275 g/mol. The van der Waals surface area contributed by atoms with Gasteiger partial charge in [-0.05, 0) is 60.8 Å². The Bertz CT molecular complexity index is 564. The summed E-state index contributed by atoms with van der Waals surface area (Å²) in [6.07, 6.45) is 0.756. The predicted molar refractivity (Wildman–Crippen MR) is 77.7 cm³/mol. The van der Waals surface area contributed by atoms with Crippen LogP contribution in [0.5, 0.6) is 0 Å². The minimum atomic E-state index is -0.234. The molecule has 1 nitrogen and oxygen atoms in total. The first-order chi connectivity index (χ1) is 9.60. The number of likely N-dealkylation sites (N-methyl/N-ethyl adjacent to an activating group) is 1. The van der Waals surface area contributed by atoms with Crippen LogP contribution in [0.3, 0.4) is 0 Å². The first-order valence-corrected chi connectivity index (χ1v) is 6.84. The van der Waals surface area contributed by atoms with Crippen molar-refractivity contribution < 1.29 is 8.78 Å². The van der Waals surface area contributed by atoms with Crippen molar-refractivity contribution in [3.05, 3.63) is 70.8 Å². The molecule has 0 aromatic heterocycles. The van der Waals surface area contributed by atoms with Crippen molar-refractivity contribution in [3.63, 3.8) is 0 Å². The lowest BCUT2D eigenvalue weighted by Crippen LogP contribution is -2.23. The van der Waals surface area contributed by atoms with Gasteiger partial charge in [0.1, 0.15) is 11.6 Å². The molecule has 0 saturated carbocycles. The molecule has 2 rings (SSSR count). The molecule has 2 aromatic rings. The molecule has 20 heavy (non-hydrogen) atoms. The van der Waals surface area contributed by atoms with E-state index in [2.05, 4.69) is 5.32 Å². The van der Waals surface area contributed by atoms with E-state index in [0.717, 1.165) is 29.7 Å². The molecule has 0 aliphatic rings. The SMILES string of the molecule is CCNC(Cc1ccc(F)cc1C)c1ccc(F)cc1. The molecule has 0 aliphatic heterocycles. The Kier molecular flexibility index (Phi) is 4.85. The summed E-state index contributed by atoms with van der Waals surface area (Å²) in [5.74, 6) is -0.449. The number of rotatable bonds is 5. The summed E-state index contributed by atoms with van der Waals surface area (Å²) in [4.78, 5) is 0. The highest BCUT2D eigenvalue weighted by Crippen LogP contribution is 2.21. The standard InChI is InChI=1S/C17H19F2N/c1-3-20-17(13-4-7-15(18)8-5-13)11-14-6-9-16(19)10-12(14)2/h4-10,17,20H,3,11H2,1-2H3. The lowest BCUT2D eigenvalue weighted by atomic mass is 9.96. The van der Waals surface area contributed by atoms with E-state index >= 15 is 0 Å². The second-order valence-electron chi connectivity index (χ2n) is 4.94. The number of nitrogens with one attached hydrogen (secondary N) is 1. The molecule has 0 amide bonds. The molecule has 0 radical (unpaired) electrons. The van der Waals surface area contributed by atoms with Crippen LogP contribution in [0.15, 0.2) is 42.5 Å². The van der Waals surface area contributed by atoms with Crippen LogP contribution in [0.1, 0.15) is 29.7 Å². The Morgan fingerprint density at radius 2 is 1.65 bits per heavy atom. The Morgan fingerprint density at radius 1 is 1.00 bits per heavy atom. The van der Waals surface area contributed by atoms with Crippen LogP contribution in [0.2, 0.25) is 0 Å². The fourth-order valence-electron chi connectivity index (χ4n) is 2.36. The molecule has 0 saturated heterocycles. The molecule has 1 atom stereocenters. The van der Waals surface area contributed by atoms with Gasteiger partial charge in [-0.25, -0.2) is 8.78 Å². The van der Waals surface area contributed by atoms with Gasteiger partial charge in [0.05, 0.1) is 0 Å². The van der Waals surface area contributed by atoms with Gasteiger partial charge in [0, 0.05) is 6.04 Å². The van der Waals surface area contributed by atoms with Gasteiger partial charge in [-0.2, -0.15) is 0 Å². The highest BCUT2D eigenvalue weighted by atomic mass is 19.1. The summed E-state index contributed by atoms with van der Waals surface area (Å²) in [5.41, 5.74) is 3.08. The van der Waals surface area contributed by atoms with Gasteiger partial charge >= 0.3 is 0 Å². The van der Waals surface area contributed by atoms with Gasteiger partial charge in [0.15, 0.2) is 0 Å². The van der Waals surface area contributed by atoms with Crippen molar-refractivity contribution in [2.24, 2.45) is 0 Å². The molecule has 3 heteroatoms. The van der Waals surface area contributed by atoms with Crippen LogP contribution in [-0.4, -0.2) is 6.54 Å². The Hall–Kier alpha value is -1.74. The normalized spacial score (nSPS) is 12.4. The number of hydrogen-bond acceptors (Lipinski definition) is 1. The summed E-state index contributed by atoms with van der Waals surface area (Å²) in [7, 11) is 0. The van der Waals surface area contributed by atoms with Crippen molar-refractivity contribution >= 4 is 0 Å². The number of benzene rings is 2. The Morgan fingerprint density at radius 3 is 2.25 bits per heavy atom. The van der Waals surface area contributed by atoms with Crippen LogP contribution in [-0.2, 0) is 6.42 Å². The maximum Gasteiger partial charge on any atom is 0.123 e. The highest BCUT2D eigenvalue weighted by Gasteiger charge is 2.13. The van der Waals surface area contributed by atoms with Crippen molar-refractivity contribution in [2.75, 3.05) is 6.54 Å². The number of hydrogen-bond donors (Lipinski definition) is 1. The van der Waals surface area contributed by atoms with Crippen LogP contribution >= 0.6 is 0 Å². The number of aryl methyl sites for hydroxylation is 1. The third kappa shape index (κ3) is 3.64. The first-order valence-electron chi connectivity index (χ1n) is 6.84. The second-order valence-corrected chi connectivity index (χ2v) is 4.94. The van der Waals surface area contributed by atoms with Crippen LogP contribution in [0.4, 0.5) is 8.78 Å². The molecule has 1 unspecified atom stereocenters. The third-order valence-electron chi connectivity index (χ3n) is 3.45. The van der Waals surface area contributed by atoms with Crippen molar-refractivity contribution in [2.45, 2.75) is 26.3 Å². The third-order valence-corrected chi connectivity index (χ3v) is 3.45. The molecular weight excluding hydrogens is 256 g/mol. The van der Waals surface area contributed by atoms with E-state index in [0.29, 0.717) is 0 Å². The summed E-state index contributed by atoms with van der Waals surface area (Å²) in [6.45, 7) is 4.77. The molecule has 0 heterocycles. The minimum Gasteiger partial charge on any atom is -0.310 e. The zero-order valence-corrected chi connectivity index (χ0v) is 11.8. The summed E-state index contributed by atoms with van der Waals surface area (Å²) >= 11 is 0. The van der Waals surface area contributed by atoms with Crippen LogP contribution in [0.25, 0.3) is 0 Å². The second kappa shape index (κ2) is 6.62. The molecule has 2 aromatic carbocycles. The van der Waals surface area contributed by atoms with Gasteiger partial charge in [-0.15, -0.1) is 0 Å². The molecular formula is C17H19F2N. The van der Waals surface area contributed by atoms with E-state index in [1.165, 1.54) is 18.2 Å². The van der Waals surface area contributed by atoms with Gasteiger partial charge in [0.2, 0.25) is 0 Å². The highest BCUT2D eigenvalue weighted by molar-refractivity contribution is 5.30. The first kappa shape index (κ1) is 14.7. The number of halogens is 2. The summed E-state index contributed by atoms with van der Waals surface area (Å²) < 4.78 is 26.2. The largest absolute Gasteiger partial charge is 0.310 e. The van der Waals surface area contributed by atoms with E-state index in [-0.39, 0.29) is 17.7 Å². The molecule has 1 N–H and O–H groups in total. The van der Waals surface area contributed by atoms with Gasteiger partial charge in [0.25, 0.3) is 0 Å². The van der Waals surface area contributed by atoms with Crippen LogP contribution < -0.4 is 5.32 Å². The zero-order valence-electron chi connectivity index (χ0n) is 11.8. The van der Waals surface area contributed by atoms with E-state index in [4.69, 9.17) is 0 Å². The van der Waals surface area contributed by atoms with E-state index < -0.39 is 0 Å². The average molecular weight is 275 g/mol. The fraction of sp³-hybridized carbons (Fsp3) is 0.294. The van der Waals surface area contributed by atoms with Crippen molar-refractivity contribution in [1.82, 2.24) is 5.32 Å². The maximum atomic E-state index is 13.1. The average Bonchev–Trinajstić information content (AvgIpc) is 2.42. The quantitative estimate of drug-likeness (QED) is 0.863. The smallest absolute Gasteiger partial charge is 0.123 e. The minimum absolute atomic E-state index is 0.102. The zero-order chi connectivity index (χ0) is 14.5. The predicted octanol–water partition coefficient (Wildman–Crippen LogP) is 4.17. The van der Waals surface area contributed by atoms with Crippen molar-refractivity contribution in [1.29, 1.82) is 0 Å². The topological polar surface area (TPSA) is 12.0 Å². The van der Waals surface area contributed by atoms with Gasteiger partial charge < -0.3 is 5.32 Å². The maximum absolute atomic E-state index is 13.1. The Labute approximate surface area is 118 Å². The van der Waals surface area contributed by atoms with E-state index in [1.807, 2.05) is 19.9 Å². The van der Waals surface area contributed by atoms with E-state index in [1.54, 1.807) is 18.2 Å². The summed E-state index contributed by atoms with van der Waals surface area (Å²) in [5, 5.41) is 3.39. The fourth-order valence-corrected chi connectivity index (χ4v) is 2.36. The van der Waals surface area contributed by atoms with Gasteiger partial charge in [-0.1, -0.05) is 25.1 Å². The van der Waals surface area contributed by atoms with Gasteiger partial charge in [-0.3, -0.25) is 0 Å². The molecule has 0 bridgehead atoms. The molecule has 0 fully saturated rings.